The van der Waals surface area contributed by atoms with Crippen LogP contribution in [0.4, 0.5) is 0 Å². The lowest BCUT2D eigenvalue weighted by molar-refractivity contribution is -0.134. The SMILES string of the molecule is CC(NCc1ccno1)C(=O)N1CCCCC1. The van der Waals surface area contributed by atoms with Crippen molar-refractivity contribution in [2.45, 2.75) is 38.8 Å². The maximum atomic E-state index is 12.1. The van der Waals surface area contributed by atoms with Gasteiger partial charge < -0.3 is 9.42 Å². The molecule has 2 rings (SSSR count). The van der Waals surface area contributed by atoms with E-state index in [-0.39, 0.29) is 11.9 Å². The molecule has 1 aliphatic heterocycles. The number of nitrogens with one attached hydrogen (secondary N) is 1. The van der Waals surface area contributed by atoms with Crippen LogP contribution in [0.15, 0.2) is 16.8 Å². The number of hydrogen-bond acceptors (Lipinski definition) is 4. The Morgan fingerprint density at radius 1 is 1.53 bits per heavy atom. The van der Waals surface area contributed by atoms with E-state index in [0.717, 1.165) is 31.7 Å². The summed E-state index contributed by atoms with van der Waals surface area (Å²) in [6, 6.07) is 1.63. The van der Waals surface area contributed by atoms with Gasteiger partial charge in [0.2, 0.25) is 5.91 Å². The molecule has 0 spiro atoms. The highest BCUT2D eigenvalue weighted by molar-refractivity contribution is 5.81. The smallest absolute Gasteiger partial charge is 0.239 e. The zero-order valence-corrected chi connectivity index (χ0v) is 10.2. The van der Waals surface area contributed by atoms with Gasteiger partial charge in [-0.2, -0.15) is 0 Å². The van der Waals surface area contributed by atoms with Crippen LogP contribution in [0.25, 0.3) is 0 Å². The molecule has 5 nitrogen and oxygen atoms in total. The first-order valence-corrected chi connectivity index (χ1v) is 6.19. The summed E-state index contributed by atoms with van der Waals surface area (Å²) in [6.45, 7) is 4.23. The molecule has 0 aliphatic carbocycles. The highest BCUT2D eigenvalue weighted by Gasteiger charge is 2.21. The Kier molecular flexibility index (Phi) is 4.14. The average Bonchev–Trinajstić information content (AvgIpc) is 2.89. The third-order valence-corrected chi connectivity index (χ3v) is 3.11. The van der Waals surface area contributed by atoms with E-state index < -0.39 is 0 Å². The predicted octanol–water partition coefficient (Wildman–Crippen LogP) is 1.17. The van der Waals surface area contributed by atoms with Gasteiger partial charge in [0.1, 0.15) is 5.76 Å². The fourth-order valence-corrected chi connectivity index (χ4v) is 2.06. The van der Waals surface area contributed by atoms with Gasteiger partial charge in [0, 0.05) is 19.2 Å². The molecule has 0 aromatic carbocycles. The van der Waals surface area contributed by atoms with Crippen molar-refractivity contribution >= 4 is 5.91 Å². The molecule has 1 N–H and O–H groups in total. The molecule has 1 aliphatic rings. The Balaban J connectivity index is 1.78. The molecule has 1 amide bonds. The number of rotatable bonds is 4. The van der Waals surface area contributed by atoms with Gasteiger partial charge in [-0.1, -0.05) is 5.16 Å². The van der Waals surface area contributed by atoms with Crippen molar-refractivity contribution in [3.63, 3.8) is 0 Å². The fourth-order valence-electron chi connectivity index (χ4n) is 2.06. The molecule has 1 saturated heterocycles. The number of carbonyl (C=O) groups is 1. The van der Waals surface area contributed by atoms with Crippen molar-refractivity contribution in [2.75, 3.05) is 13.1 Å². The third kappa shape index (κ3) is 3.30. The van der Waals surface area contributed by atoms with E-state index in [0.29, 0.717) is 6.54 Å². The predicted molar refractivity (Wildman–Crippen MR) is 63.2 cm³/mol. The maximum absolute atomic E-state index is 12.1. The molecular formula is C12H19N3O2. The van der Waals surface area contributed by atoms with Crippen LogP contribution in [0.5, 0.6) is 0 Å². The van der Waals surface area contributed by atoms with Gasteiger partial charge in [0.05, 0.1) is 18.8 Å². The standard InChI is InChI=1S/C12H19N3O2/c1-10(13-9-11-5-6-14-17-11)12(16)15-7-3-2-4-8-15/h5-6,10,13H,2-4,7-9H2,1H3. The molecular weight excluding hydrogens is 218 g/mol. The minimum absolute atomic E-state index is 0.168. The van der Waals surface area contributed by atoms with Gasteiger partial charge >= 0.3 is 0 Å². The number of hydrogen-bond donors (Lipinski definition) is 1. The molecule has 17 heavy (non-hydrogen) atoms. The van der Waals surface area contributed by atoms with Gasteiger partial charge in [0.15, 0.2) is 0 Å². The van der Waals surface area contributed by atoms with Crippen LogP contribution in [-0.2, 0) is 11.3 Å². The fraction of sp³-hybridized carbons (Fsp3) is 0.667. The van der Waals surface area contributed by atoms with Gasteiger partial charge in [-0.05, 0) is 26.2 Å². The van der Waals surface area contributed by atoms with E-state index in [1.54, 1.807) is 12.3 Å². The topological polar surface area (TPSA) is 58.4 Å². The van der Waals surface area contributed by atoms with Crippen molar-refractivity contribution in [3.8, 4) is 0 Å². The molecule has 0 saturated carbocycles. The first-order chi connectivity index (χ1) is 8.27. The van der Waals surface area contributed by atoms with Crippen LogP contribution in [-0.4, -0.2) is 35.1 Å². The molecule has 0 bridgehead atoms. The Hall–Kier alpha value is -1.36. The van der Waals surface area contributed by atoms with Gasteiger partial charge in [-0.3, -0.25) is 10.1 Å². The first kappa shape index (κ1) is 12.1. The lowest BCUT2D eigenvalue weighted by atomic mass is 10.1. The molecule has 1 aromatic heterocycles. The van der Waals surface area contributed by atoms with Crippen molar-refractivity contribution < 1.29 is 9.32 Å². The van der Waals surface area contributed by atoms with Gasteiger partial charge in [-0.15, -0.1) is 0 Å². The number of nitrogens with zero attached hydrogens (tertiary/aromatic N) is 2. The Morgan fingerprint density at radius 3 is 2.94 bits per heavy atom. The average molecular weight is 237 g/mol. The minimum Gasteiger partial charge on any atom is -0.360 e. The highest BCUT2D eigenvalue weighted by atomic mass is 16.5. The number of aromatic nitrogens is 1. The summed E-state index contributed by atoms with van der Waals surface area (Å²) in [6.07, 6.45) is 5.10. The molecule has 1 unspecified atom stereocenters. The molecule has 1 fully saturated rings. The van der Waals surface area contributed by atoms with Crippen molar-refractivity contribution in [3.05, 3.63) is 18.0 Å². The second-order valence-electron chi connectivity index (χ2n) is 4.47. The monoisotopic (exact) mass is 237 g/mol. The second kappa shape index (κ2) is 5.82. The molecule has 0 radical (unpaired) electrons. The summed E-state index contributed by atoms with van der Waals surface area (Å²) in [7, 11) is 0. The van der Waals surface area contributed by atoms with Gasteiger partial charge in [-0.25, -0.2) is 0 Å². The number of amides is 1. The number of piperidine rings is 1. The summed E-state index contributed by atoms with van der Waals surface area (Å²) in [5, 5.41) is 6.78. The quantitative estimate of drug-likeness (QED) is 0.854. The largest absolute Gasteiger partial charge is 0.360 e. The Bertz CT molecular complexity index is 345. The summed E-state index contributed by atoms with van der Waals surface area (Å²) in [4.78, 5) is 14.0. The summed E-state index contributed by atoms with van der Waals surface area (Å²) < 4.78 is 4.97. The van der Waals surface area contributed by atoms with E-state index in [1.807, 2.05) is 11.8 Å². The maximum Gasteiger partial charge on any atom is 0.239 e. The van der Waals surface area contributed by atoms with Crippen LogP contribution in [0.2, 0.25) is 0 Å². The van der Waals surface area contributed by atoms with E-state index in [9.17, 15) is 4.79 Å². The summed E-state index contributed by atoms with van der Waals surface area (Å²) in [5.41, 5.74) is 0. The van der Waals surface area contributed by atoms with E-state index in [2.05, 4.69) is 10.5 Å². The van der Waals surface area contributed by atoms with Crippen molar-refractivity contribution in [1.82, 2.24) is 15.4 Å². The first-order valence-electron chi connectivity index (χ1n) is 6.19. The van der Waals surface area contributed by atoms with Crippen LogP contribution in [0.1, 0.15) is 31.9 Å². The van der Waals surface area contributed by atoms with Gasteiger partial charge in [0.25, 0.3) is 0 Å². The van der Waals surface area contributed by atoms with Crippen molar-refractivity contribution in [2.24, 2.45) is 0 Å². The molecule has 94 valence electrons. The lowest BCUT2D eigenvalue weighted by Crippen LogP contribution is -2.46. The number of likely N-dealkylation sites (tertiary alicyclic amines) is 1. The van der Waals surface area contributed by atoms with E-state index >= 15 is 0 Å². The van der Waals surface area contributed by atoms with E-state index in [1.165, 1.54) is 6.42 Å². The van der Waals surface area contributed by atoms with Crippen molar-refractivity contribution in [1.29, 1.82) is 0 Å². The normalized spacial score (nSPS) is 18.1. The molecule has 1 atom stereocenters. The van der Waals surface area contributed by atoms with Crippen LogP contribution >= 0.6 is 0 Å². The second-order valence-corrected chi connectivity index (χ2v) is 4.47. The van der Waals surface area contributed by atoms with Crippen LogP contribution in [0, 0.1) is 0 Å². The summed E-state index contributed by atoms with van der Waals surface area (Å²) in [5.74, 6) is 0.938. The minimum atomic E-state index is -0.168. The zero-order valence-electron chi connectivity index (χ0n) is 10.2. The molecule has 2 heterocycles. The van der Waals surface area contributed by atoms with Crippen LogP contribution < -0.4 is 5.32 Å². The molecule has 5 heteroatoms. The van der Waals surface area contributed by atoms with Crippen LogP contribution in [0.3, 0.4) is 0 Å². The third-order valence-electron chi connectivity index (χ3n) is 3.11. The molecule has 1 aromatic rings. The Morgan fingerprint density at radius 2 is 2.29 bits per heavy atom. The zero-order chi connectivity index (χ0) is 12.1. The number of carbonyl (C=O) groups excluding carboxylic acids is 1. The lowest BCUT2D eigenvalue weighted by Gasteiger charge is -2.29. The highest BCUT2D eigenvalue weighted by Crippen LogP contribution is 2.10. The summed E-state index contributed by atoms with van der Waals surface area (Å²) >= 11 is 0. The van der Waals surface area contributed by atoms with E-state index in [4.69, 9.17) is 4.52 Å². The Labute approximate surface area is 101 Å².